The number of hydrogen-bond donors (Lipinski definition) is 1. The van der Waals surface area contributed by atoms with Gasteiger partial charge < -0.3 is 5.32 Å². The molecule has 0 aliphatic rings. The van der Waals surface area contributed by atoms with Gasteiger partial charge in [0, 0.05) is 17.1 Å². The zero-order chi connectivity index (χ0) is 13.9. The Labute approximate surface area is 118 Å². The van der Waals surface area contributed by atoms with Crippen LogP contribution in [0, 0.1) is 17.2 Å². The van der Waals surface area contributed by atoms with Gasteiger partial charge in [0.15, 0.2) is 0 Å². The van der Waals surface area contributed by atoms with Gasteiger partial charge in [-0.25, -0.2) is 4.39 Å². The van der Waals surface area contributed by atoms with E-state index in [-0.39, 0.29) is 17.3 Å². The van der Waals surface area contributed by atoms with E-state index >= 15 is 0 Å². The summed E-state index contributed by atoms with van der Waals surface area (Å²) in [7, 11) is 0. The van der Waals surface area contributed by atoms with Crippen LogP contribution in [0.25, 0.3) is 0 Å². The van der Waals surface area contributed by atoms with Crippen molar-refractivity contribution in [3.8, 4) is 0 Å². The fraction of sp³-hybridized carbons (Fsp3) is 0.600. The summed E-state index contributed by atoms with van der Waals surface area (Å²) in [6, 6.07) is 5.06. The Morgan fingerprint density at radius 1 is 1.28 bits per heavy atom. The van der Waals surface area contributed by atoms with Gasteiger partial charge >= 0.3 is 0 Å². The van der Waals surface area contributed by atoms with Gasteiger partial charge in [0.25, 0.3) is 0 Å². The quantitative estimate of drug-likeness (QED) is 0.813. The van der Waals surface area contributed by atoms with Crippen LogP contribution >= 0.6 is 15.9 Å². The Bertz CT molecular complexity index is 401. The molecule has 1 nitrogen and oxygen atoms in total. The molecule has 1 atom stereocenters. The van der Waals surface area contributed by atoms with Crippen LogP contribution in [0.5, 0.6) is 0 Å². The maximum Gasteiger partial charge on any atom is 0.124 e. The Hall–Kier alpha value is -0.410. The summed E-state index contributed by atoms with van der Waals surface area (Å²) in [4.78, 5) is 0. The molecule has 0 amide bonds. The van der Waals surface area contributed by atoms with E-state index in [0.717, 1.165) is 16.6 Å². The predicted molar refractivity (Wildman–Crippen MR) is 79.1 cm³/mol. The monoisotopic (exact) mass is 315 g/mol. The highest BCUT2D eigenvalue weighted by molar-refractivity contribution is 9.10. The van der Waals surface area contributed by atoms with Gasteiger partial charge in [0.2, 0.25) is 0 Å². The molecule has 18 heavy (non-hydrogen) atoms. The maximum atomic E-state index is 13.0. The summed E-state index contributed by atoms with van der Waals surface area (Å²) >= 11 is 3.42. The predicted octanol–water partition coefficient (Wildman–Crippen LogP) is 4.92. The third-order valence-corrected chi connectivity index (χ3v) is 4.54. The van der Waals surface area contributed by atoms with Gasteiger partial charge in [-0.2, -0.15) is 0 Å². The summed E-state index contributed by atoms with van der Waals surface area (Å²) < 4.78 is 13.9. The lowest BCUT2D eigenvalue weighted by molar-refractivity contribution is 0.230. The van der Waals surface area contributed by atoms with Gasteiger partial charge in [-0.3, -0.25) is 0 Å². The summed E-state index contributed by atoms with van der Waals surface area (Å²) in [5, 5.41) is 3.53. The van der Waals surface area contributed by atoms with E-state index in [4.69, 9.17) is 0 Å². The highest BCUT2D eigenvalue weighted by Crippen LogP contribution is 2.28. The van der Waals surface area contributed by atoms with Crippen molar-refractivity contribution < 1.29 is 4.39 Å². The topological polar surface area (TPSA) is 12.0 Å². The van der Waals surface area contributed by atoms with E-state index in [9.17, 15) is 4.39 Å². The second-order valence-corrected chi connectivity index (χ2v) is 6.77. The molecule has 1 aromatic rings. The number of hydrogen-bond acceptors (Lipinski definition) is 1. The first kappa shape index (κ1) is 15.6. The first-order chi connectivity index (χ1) is 8.24. The maximum absolute atomic E-state index is 13.0. The lowest BCUT2D eigenvalue weighted by Gasteiger charge is -2.31. The van der Waals surface area contributed by atoms with Gasteiger partial charge in [0.1, 0.15) is 5.82 Å². The molecule has 102 valence electrons. The van der Waals surface area contributed by atoms with E-state index < -0.39 is 0 Å². The average Bonchev–Trinajstić information content (AvgIpc) is 2.25. The minimum absolute atomic E-state index is 0.206. The molecule has 0 spiro atoms. The van der Waals surface area contributed by atoms with Gasteiger partial charge in [-0.1, -0.05) is 49.7 Å². The van der Waals surface area contributed by atoms with Crippen LogP contribution in [0.3, 0.4) is 0 Å². The highest BCUT2D eigenvalue weighted by Gasteiger charge is 2.23. The standard InChI is InChI=1S/C15H23BrFN/c1-10(2)15(4,5)9-18-11(3)13-7-6-12(17)8-14(13)16/h6-8,10-11,18H,9H2,1-5H3. The zero-order valence-electron chi connectivity index (χ0n) is 11.8. The van der Waals surface area contributed by atoms with Gasteiger partial charge in [0.05, 0.1) is 0 Å². The first-order valence-corrected chi connectivity index (χ1v) is 7.21. The van der Waals surface area contributed by atoms with E-state index in [1.807, 2.05) is 6.07 Å². The van der Waals surface area contributed by atoms with Crippen molar-refractivity contribution in [2.24, 2.45) is 11.3 Å². The Kier molecular flexibility index (Phi) is 5.35. The molecule has 0 radical (unpaired) electrons. The minimum atomic E-state index is -0.208. The van der Waals surface area contributed by atoms with Crippen LogP contribution in [-0.4, -0.2) is 6.54 Å². The van der Waals surface area contributed by atoms with Crippen LogP contribution in [0.15, 0.2) is 22.7 Å². The molecule has 0 heterocycles. The number of rotatable bonds is 5. The highest BCUT2D eigenvalue weighted by atomic mass is 79.9. The lowest BCUT2D eigenvalue weighted by atomic mass is 9.81. The largest absolute Gasteiger partial charge is 0.310 e. The average molecular weight is 316 g/mol. The molecular formula is C15H23BrFN. The lowest BCUT2D eigenvalue weighted by Crippen LogP contribution is -2.34. The van der Waals surface area contributed by atoms with Crippen LogP contribution in [0.2, 0.25) is 0 Å². The summed E-state index contributed by atoms with van der Waals surface area (Å²) in [6.45, 7) is 12.0. The Morgan fingerprint density at radius 2 is 1.89 bits per heavy atom. The number of nitrogens with one attached hydrogen (secondary N) is 1. The number of benzene rings is 1. The smallest absolute Gasteiger partial charge is 0.124 e. The second kappa shape index (κ2) is 6.16. The van der Waals surface area contributed by atoms with Gasteiger partial charge in [-0.15, -0.1) is 0 Å². The Morgan fingerprint density at radius 3 is 2.39 bits per heavy atom. The van der Waals surface area contributed by atoms with Crippen molar-refractivity contribution in [3.63, 3.8) is 0 Å². The normalized spacial score (nSPS) is 14.0. The second-order valence-electron chi connectivity index (χ2n) is 5.91. The SMILES string of the molecule is CC(NCC(C)(C)C(C)C)c1ccc(F)cc1Br. The van der Waals surface area contributed by atoms with Gasteiger partial charge in [-0.05, 0) is 36.0 Å². The van der Waals surface area contributed by atoms with E-state index in [1.54, 1.807) is 0 Å². The first-order valence-electron chi connectivity index (χ1n) is 6.42. The third kappa shape index (κ3) is 4.06. The van der Waals surface area contributed by atoms with Crippen LogP contribution in [0.1, 0.15) is 46.2 Å². The van der Waals surface area contributed by atoms with Crippen molar-refractivity contribution in [1.29, 1.82) is 0 Å². The fourth-order valence-electron chi connectivity index (χ4n) is 1.58. The summed E-state index contributed by atoms with van der Waals surface area (Å²) in [5.41, 5.74) is 1.34. The molecule has 3 heteroatoms. The molecule has 0 aliphatic heterocycles. The summed E-state index contributed by atoms with van der Waals surface area (Å²) in [6.07, 6.45) is 0. The number of halogens is 2. The molecule has 0 fully saturated rings. The molecular weight excluding hydrogens is 293 g/mol. The molecule has 0 saturated heterocycles. The molecule has 1 N–H and O–H groups in total. The van der Waals surface area contributed by atoms with Crippen LogP contribution < -0.4 is 5.32 Å². The molecule has 1 rings (SSSR count). The van der Waals surface area contributed by atoms with Crippen molar-refractivity contribution in [2.45, 2.75) is 40.7 Å². The van der Waals surface area contributed by atoms with Crippen molar-refractivity contribution >= 4 is 15.9 Å². The summed E-state index contributed by atoms with van der Waals surface area (Å²) in [5.74, 6) is 0.411. The molecule has 0 bridgehead atoms. The van der Waals surface area contributed by atoms with Crippen LogP contribution in [-0.2, 0) is 0 Å². The molecule has 0 aliphatic carbocycles. The minimum Gasteiger partial charge on any atom is -0.310 e. The molecule has 0 saturated carbocycles. The van der Waals surface area contributed by atoms with Crippen LogP contribution in [0.4, 0.5) is 4.39 Å². The Balaban J connectivity index is 2.69. The van der Waals surface area contributed by atoms with E-state index in [1.165, 1.54) is 12.1 Å². The zero-order valence-corrected chi connectivity index (χ0v) is 13.4. The molecule has 0 aromatic heterocycles. The fourth-order valence-corrected chi connectivity index (χ4v) is 2.28. The van der Waals surface area contributed by atoms with Crippen molar-refractivity contribution in [2.75, 3.05) is 6.54 Å². The third-order valence-electron chi connectivity index (χ3n) is 3.86. The van der Waals surface area contributed by atoms with E-state index in [2.05, 4.69) is 55.9 Å². The molecule has 1 unspecified atom stereocenters. The van der Waals surface area contributed by atoms with Crippen molar-refractivity contribution in [3.05, 3.63) is 34.1 Å². The van der Waals surface area contributed by atoms with Crippen molar-refractivity contribution in [1.82, 2.24) is 5.32 Å². The van der Waals surface area contributed by atoms with E-state index in [0.29, 0.717) is 5.92 Å². The molecule has 1 aromatic carbocycles.